The van der Waals surface area contributed by atoms with Crippen LogP contribution in [0, 0.1) is 11.6 Å². The number of nitrogens with one attached hydrogen (secondary N) is 1. The van der Waals surface area contributed by atoms with Crippen molar-refractivity contribution in [3.05, 3.63) is 35.4 Å². The van der Waals surface area contributed by atoms with Crippen molar-refractivity contribution in [1.82, 2.24) is 10.2 Å². The topological polar surface area (TPSA) is 97.4 Å². The molecule has 2 amide bonds. The van der Waals surface area contributed by atoms with Gasteiger partial charge < -0.3 is 19.2 Å². The molecule has 2 aliphatic heterocycles. The third kappa shape index (κ3) is 7.88. The molecule has 0 radical (unpaired) electrons. The summed E-state index contributed by atoms with van der Waals surface area (Å²) in [6.45, 7) is 16.1. The molecule has 1 fully saturated rings. The van der Waals surface area contributed by atoms with Crippen molar-refractivity contribution < 1.29 is 37.1 Å². The molecular formula is C28H41F2N3O6Si. The largest absolute Gasteiger partial charge is 0.460 e. The molecule has 1 aromatic rings. The highest BCUT2D eigenvalue weighted by atomic mass is 28.4. The van der Waals surface area contributed by atoms with E-state index in [2.05, 4.69) is 5.32 Å². The van der Waals surface area contributed by atoms with Gasteiger partial charge in [-0.3, -0.25) is 19.4 Å². The van der Waals surface area contributed by atoms with E-state index < -0.39 is 42.8 Å². The van der Waals surface area contributed by atoms with Crippen LogP contribution in [0.25, 0.3) is 5.57 Å². The maximum absolute atomic E-state index is 15.2. The third-order valence-corrected chi connectivity index (χ3v) is 11.6. The molecule has 3 rings (SSSR count). The summed E-state index contributed by atoms with van der Waals surface area (Å²) >= 11 is 0. The van der Waals surface area contributed by atoms with Crippen LogP contribution in [0.1, 0.15) is 53.5 Å². The van der Waals surface area contributed by atoms with Crippen molar-refractivity contribution in [2.24, 2.45) is 0 Å². The van der Waals surface area contributed by atoms with E-state index in [1.54, 1.807) is 6.08 Å². The molecule has 1 N–H and O–H groups in total. The van der Waals surface area contributed by atoms with Gasteiger partial charge in [-0.15, -0.1) is 0 Å². The monoisotopic (exact) mass is 581 g/mol. The number of rotatable bonds is 10. The first kappa shape index (κ1) is 31.7. The first-order valence-electron chi connectivity index (χ1n) is 13.4. The number of carbonyl (C=O) groups excluding carboxylic acids is 3. The fraction of sp³-hybridized carbons (Fsp3) is 0.607. The Morgan fingerprint density at radius 1 is 1.15 bits per heavy atom. The average Bonchev–Trinajstić information content (AvgIpc) is 3.40. The lowest BCUT2D eigenvalue weighted by Crippen LogP contribution is -2.46. The van der Waals surface area contributed by atoms with Crippen LogP contribution < -0.4 is 10.2 Å². The lowest BCUT2D eigenvalue weighted by Gasteiger charge is -2.40. The second-order valence-corrected chi connectivity index (χ2v) is 17.2. The number of benzene rings is 1. The number of esters is 1. The van der Waals surface area contributed by atoms with E-state index in [0.717, 1.165) is 17.0 Å². The summed E-state index contributed by atoms with van der Waals surface area (Å²) in [4.78, 5) is 38.9. The number of hydrogen-bond donors (Lipinski definition) is 1. The molecule has 0 aromatic heterocycles. The van der Waals surface area contributed by atoms with Gasteiger partial charge in [-0.05, 0) is 56.6 Å². The summed E-state index contributed by atoms with van der Waals surface area (Å²) in [6.07, 6.45) is 0.647. The Bertz CT molecular complexity index is 1160. The number of hydrogen-bond acceptors (Lipinski definition) is 7. The third-order valence-electron chi connectivity index (χ3n) is 7.35. The van der Waals surface area contributed by atoms with Crippen LogP contribution in [0.15, 0.2) is 18.2 Å². The molecular weight excluding hydrogens is 540 g/mol. The van der Waals surface area contributed by atoms with Crippen molar-refractivity contribution in [3.63, 3.8) is 0 Å². The highest BCUT2D eigenvalue weighted by Crippen LogP contribution is 2.42. The minimum absolute atomic E-state index is 0.0489. The van der Waals surface area contributed by atoms with Gasteiger partial charge in [0.05, 0.1) is 37.5 Å². The molecule has 0 spiro atoms. The van der Waals surface area contributed by atoms with Gasteiger partial charge in [-0.2, -0.15) is 0 Å². The molecule has 0 saturated carbocycles. The van der Waals surface area contributed by atoms with Crippen molar-refractivity contribution in [3.8, 4) is 0 Å². The second kappa shape index (κ2) is 12.0. The first-order chi connectivity index (χ1) is 18.4. The Morgan fingerprint density at radius 3 is 2.35 bits per heavy atom. The van der Waals surface area contributed by atoms with E-state index in [-0.39, 0.29) is 55.9 Å². The van der Waals surface area contributed by atoms with E-state index in [0.29, 0.717) is 12.1 Å². The highest BCUT2D eigenvalue weighted by molar-refractivity contribution is 6.74. The number of carbonyl (C=O) groups is 3. The Kier molecular flexibility index (Phi) is 9.47. The molecule has 1 saturated heterocycles. The van der Waals surface area contributed by atoms with Gasteiger partial charge in [0.2, 0.25) is 5.91 Å². The van der Waals surface area contributed by atoms with E-state index in [1.165, 1.54) is 6.92 Å². The second-order valence-electron chi connectivity index (χ2n) is 12.5. The van der Waals surface area contributed by atoms with Crippen molar-refractivity contribution in [2.75, 3.05) is 37.8 Å². The van der Waals surface area contributed by atoms with Gasteiger partial charge in [0.1, 0.15) is 23.3 Å². The molecule has 9 nitrogen and oxygen atoms in total. The van der Waals surface area contributed by atoms with Crippen LogP contribution >= 0.6 is 0 Å². The zero-order valence-corrected chi connectivity index (χ0v) is 25.7. The number of cyclic esters (lactones) is 1. The minimum atomic E-state index is -2.39. The van der Waals surface area contributed by atoms with Crippen LogP contribution in [-0.2, 0) is 23.5 Å². The Balaban J connectivity index is 1.61. The van der Waals surface area contributed by atoms with Gasteiger partial charge in [0.25, 0.3) is 0 Å². The fourth-order valence-electron chi connectivity index (χ4n) is 4.41. The van der Waals surface area contributed by atoms with Gasteiger partial charge in [0, 0.05) is 20.0 Å². The minimum Gasteiger partial charge on any atom is -0.460 e. The number of amides is 2. The predicted octanol–water partition coefficient (Wildman–Crippen LogP) is 4.82. The van der Waals surface area contributed by atoms with E-state index in [1.807, 2.05) is 52.6 Å². The normalized spacial score (nSPS) is 18.6. The van der Waals surface area contributed by atoms with Gasteiger partial charge >= 0.3 is 12.1 Å². The molecule has 0 bridgehead atoms. The smallest absolute Gasteiger partial charge is 0.414 e. The SMILES string of the molecule is CC(=O)NC[C@H]1CN(c2cc(F)c(C3=CCN(CO[Si](C)(C)C(C)(C)CC(=O)OC(C)(C)C)C3)c(F)c2)C(=O)O1. The molecule has 12 heteroatoms. The maximum atomic E-state index is 15.2. The molecule has 1 atom stereocenters. The number of anilines is 1. The Labute approximate surface area is 235 Å². The van der Waals surface area contributed by atoms with Gasteiger partial charge in [-0.1, -0.05) is 19.9 Å². The average molecular weight is 582 g/mol. The van der Waals surface area contributed by atoms with Crippen LogP contribution in [0.4, 0.5) is 19.3 Å². The van der Waals surface area contributed by atoms with E-state index in [9.17, 15) is 14.4 Å². The quantitative estimate of drug-likeness (QED) is 0.313. The standard InChI is InChI=1S/C28H41F2N3O6Si/c1-18(34)31-14-21-16-33(26(36)38-21)20-11-22(29)25(23(30)12-20)19-9-10-32(15-19)17-37-40(7,8)28(5,6)13-24(35)39-27(2,3)4/h9,11-12,21H,10,13-17H2,1-8H3,(H,31,34)/t21-/m0/s1. The Morgan fingerprint density at radius 2 is 1.77 bits per heavy atom. The van der Waals surface area contributed by atoms with Crippen LogP contribution in [0.3, 0.4) is 0 Å². The van der Waals surface area contributed by atoms with Gasteiger partial charge in [0.15, 0.2) is 8.32 Å². The van der Waals surface area contributed by atoms with Crippen molar-refractivity contribution in [1.29, 1.82) is 0 Å². The van der Waals surface area contributed by atoms with E-state index in [4.69, 9.17) is 13.9 Å². The van der Waals surface area contributed by atoms with E-state index >= 15 is 8.78 Å². The molecule has 2 heterocycles. The van der Waals surface area contributed by atoms with Crippen LogP contribution in [-0.4, -0.2) is 75.8 Å². The number of nitrogens with zero attached hydrogens (tertiary/aromatic N) is 2. The van der Waals surface area contributed by atoms with Crippen molar-refractivity contribution >= 4 is 37.5 Å². The zero-order valence-electron chi connectivity index (χ0n) is 24.7. The highest BCUT2D eigenvalue weighted by Gasteiger charge is 2.44. The van der Waals surface area contributed by atoms with Crippen LogP contribution in [0.5, 0.6) is 0 Å². The zero-order chi connectivity index (χ0) is 30.0. The lowest BCUT2D eigenvalue weighted by molar-refractivity contribution is -0.155. The molecule has 222 valence electrons. The molecule has 0 unspecified atom stereocenters. The lowest BCUT2D eigenvalue weighted by atomic mass is 10.0. The van der Waals surface area contributed by atoms with Crippen molar-refractivity contribution in [2.45, 2.75) is 77.8 Å². The predicted molar refractivity (Wildman–Crippen MR) is 150 cm³/mol. The summed E-state index contributed by atoms with van der Waals surface area (Å²) in [7, 11) is -2.39. The van der Waals surface area contributed by atoms with Crippen LogP contribution in [0.2, 0.25) is 18.1 Å². The molecule has 40 heavy (non-hydrogen) atoms. The van der Waals surface area contributed by atoms with Gasteiger partial charge in [-0.25, -0.2) is 13.6 Å². The molecule has 2 aliphatic rings. The summed E-state index contributed by atoms with van der Waals surface area (Å²) in [5.74, 6) is -2.10. The summed E-state index contributed by atoms with van der Waals surface area (Å²) in [6, 6.07) is 2.24. The number of halogens is 2. The first-order valence-corrected chi connectivity index (χ1v) is 16.3. The fourth-order valence-corrected chi connectivity index (χ4v) is 5.87. The summed E-state index contributed by atoms with van der Waals surface area (Å²) < 4.78 is 47.4. The summed E-state index contributed by atoms with van der Waals surface area (Å²) in [5, 5.41) is 2.16. The summed E-state index contributed by atoms with van der Waals surface area (Å²) in [5.41, 5.74) is -0.165. The number of ether oxygens (including phenoxy) is 2. The molecule has 0 aliphatic carbocycles. The Hall–Kier alpha value is -2.83. The maximum Gasteiger partial charge on any atom is 0.414 e. The molecule has 1 aromatic carbocycles.